The summed E-state index contributed by atoms with van der Waals surface area (Å²) in [6.45, 7) is 5.61. The van der Waals surface area contributed by atoms with Gasteiger partial charge in [0.15, 0.2) is 11.0 Å². The number of hydrogen-bond acceptors (Lipinski definition) is 7. The van der Waals surface area contributed by atoms with Crippen molar-refractivity contribution in [2.24, 2.45) is 0 Å². The van der Waals surface area contributed by atoms with Crippen molar-refractivity contribution in [2.75, 3.05) is 19.5 Å². The molecule has 2 fully saturated rings. The molecule has 0 spiro atoms. The van der Waals surface area contributed by atoms with Crippen LogP contribution in [-0.4, -0.2) is 70.0 Å². The van der Waals surface area contributed by atoms with Crippen LogP contribution in [0.4, 0.5) is 10.6 Å². The first kappa shape index (κ1) is 21.6. The summed E-state index contributed by atoms with van der Waals surface area (Å²) in [5.74, 6) is -0.0145. The van der Waals surface area contributed by atoms with Gasteiger partial charge in [-0.25, -0.2) is 9.86 Å². The fourth-order valence-corrected chi connectivity index (χ4v) is 4.14. The Morgan fingerprint density at radius 2 is 1.86 bits per heavy atom. The average molecular weight is 426 g/mol. The minimum Gasteiger partial charge on any atom is -0.444 e. The molecule has 3 heterocycles. The Hall–Kier alpha value is -2.13. The second-order valence-corrected chi connectivity index (χ2v) is 8.89. The maximum Gasteiger partial charge on any atom is 0.410 e. The highest BCUT2D eigenvalue weighted by atomic mass is 35.5. The molecule has 0 aromatic carbocycles. The van der Waals surface area contributed by atoms with Gasteiger partial charge in [0, 0.05) is 25.2 Å². The molecule has 2 bridgehead atoms. The molecule has 2 aliphatic rings. The summed E-state index contributed by atoms with van der Waals surface area (Å²) in [6, 6.07) is 1.73. The second kappa shape index (κ2) is 8.31. The predicted octanol–water partition coefficient (Wildman–Crippen LogP) is 3.11. The van der Waals surface area contributed by atoms with Crippen molar-refractivity contribution in [1.82, 2.24) is 20.2 Å². The Kier molecular flexibility index (Phi) is 6.19. The number of hydroxylamine groups is 2. The highest BCUT2D eigenvalue weighted by molar-refractivity contribution is 6.29. The Labute approximate surface area is 175 Å². The van der Waals surface area contributed by atoms with Gasteiger partial charge < -0.3 is 15.0 Å². The SMILES string of the molecule is CON(C)C(=O)c1cc(Cl)nnc1NC1C[C@H]2CC[C@@H](C1)N2C(=O)OC(C)(C)C. The quantitative estimate of drug-likeness (QED) is 0.740. The summed E-state index contributed by atoms with van der Waals surface area (Å²) in [6.07, 6.45) is 3.10. The summed E-state index contributed by atoms with van der Waals surface area (Å²) < 4.78 is 5.58. The minimum absolute atomic E-state index is 0.0565. The molecular weight excluding hydrogens is 398 g/mol. The number of carbonyl (C=O) groups excluding carboxylic acids is 2. The van der Waals surface area contributed by atoms with Crippen LogP contribution in [0.15, 0.2) is 6.07 Å². The fourth-order valence-electron chi connectivity index (χ4n) is 3.99. The molecule has 0 radical (unpaired) electrons. The van der Waals surface area contributed by atoms with Crippen LogP contribution in [0.3, 0.4) is 0 Å². The summed E-state index contributed by atoms with van der Waals surface area (Å²) in [7, 11) is 2.92. The van der Waals surface area contributed by atoms with Crippen LogP contribution in [0, 0.1) is 0 Å². The lowest BCUT2D eigenvalue weighted by Crippen LogP contribution is -2.51. The molecular formula is C19H28ClN5O4. The molecule has 1 aromatic heterocycles. The van der Waals surface area contributed by atoms with Crippen LogP contribution in [-0.2, 0) is 9.57 Å². The van der Waals surface area contributed by atoms with E-state index >= 15 is 0 Å². The van der Waals surface area contributed by atoms with Crippen molar-refractivity contribution in [2.45, 2.75) is 70.2 Å². The second-order valence-electron chi connectivity index (χ2n) is 8.50. The van der Waals surface area contributed by atoms with Gasteiger partial charge in [-0.1, -0.05) is 11.6 Å². The lowest BCUT2D eigenvalue weighted by Gasteiger charge is -2.39. The van der Waals surface area contributed by atoms with Crippen molar-refractivity contribution in [3.8, 4) is 0 Å². The van der Waals surface area contributed by atoms with Gasteiger partial charge in [-0.2, -0.15) is 0 Å². The summed E-state index contributed by atoms with van der Waals surface area (Å²) in [5.41, 5.74) is -0.232. The zero-order chi connectivity index (χ0) is 21.3. The standard InChI is InChI=1S/C19H28ClN5O4/c1-19(2,3)29-18(27)25-12-6-7-13(25)9-11(8-12)21-16-14(10-15(20)22-23-16)17(26)24(4)28-5/h10-13H,6-9H2,1-5H3,(H,21,23)/t11?,12-,13+. The summed E-state index contributed by atoms with van der Waals surface area (Å²) in [4.78, 5) is 32.0. The van der Waals surface area contributed by atoms with Crippen LogP contribution < -0.4 is 5.32 Å². The number of nitrogens with one attached hydrogen (secondary N) is 1. The van der Waals surface area contributed by atoms with E-state index in [1.54, 1.807) is 0 Å². The monoisotopic (exact) mass is 425 g/mol. The molecule has 2 saturated heterocycles. The van der Waals surface area contributed by atoms with E-state index in [4.69, 9.17) is 21.2 Å². The first-order chi connectivity index (χ1) is 13.6. The summed E-state index contributed by atoms with van der Waals surface area (Å²) in [5, 5.41) is 12.5. The third kappa shape index (κ3) is 4.90. The molecule has 9 nitrogen and oxygen atoms in total. The van der Waals surface area contributed by atoms with Crippen molar-refractivity contribution < 1.29 is 19.2 Å². The number of carbonyl (C=O) groups is 2. The molecule has 3 atom stereocenters. The Morgan fingerprint density at radius 1 is 1.24 bits per heavy atom. The fraction of sp³-hybridized carbons (Fsp3) is 0.684. The zero-order valence-corrected chi connectivity index (χ0v) is 18.2. The molecule has 1 unspecified atom stereocenters. The first-order valence-electron chi connectivity index (χ1n) is 9.72. The van der Waals surface area contributed by atoms with Gasteiger partial charge in [-0.3, -0.25) is 9.63 Å². The van der Waals surface area contributed by atoms with Gasteiger partial charge in [0.2, 0.25) is 0 Å². The number of rotatable bonds is 4. The maximum atomic E-state index is 12.6. The zero-order valence-electron chi connectivity index (χ0n) is 17.4. The largest absolute Gasteiger partial charge is 0.444 e. The molecule has 0 saturated carbocycles. The smallest absolute Gasteiger partial charge is 0.410 e. The predicted molar refractivity (Wildman–Crippen MR) is 108 cm³/mol. The van der Waals surface area contributed by atoms with Gasteiger partial charge in [0.25, 0.3) is 5.91 Å². The molecule has 0 aliphatic carbocycles. The molecule has 2 aliphatic heterocycles. The van der Waals surface area contributed by atoms with Gasteiger partial charge >= 0.3 is 6.09 Å². The molecule has 3 rings (SSSR count). The van der Waals surface area contributed by atoms with Crippen LogP contribution in [0.2, 0.25) is 5.15 Å². The normalized spacial score (nSPS) is 23.7. The number of piperidine rings is 1. The number of ether oxygens (including phenoxy) is 1. The van der Waals surface area contributed by atoms with E-state index in [1.165, 1.54) is 20.2 Å². The number of amides is 2. The molecule has 1 aromatic rings. The lowest BCUT2D eigenvalue weighted by molar-refractivity contribution is -0.0756. The highest BCUT2D eigenvalue weighted by Gasteiger charge is 2.45. The van der Waals surface area contributed by atoms with Crippen molar-refractivity contribution in [1.29, 1.82) is 0 Å². The first-order valence-corrected chi connectivity index (χ1v) is 10.1. The third-order valence-corrected chi connectivity index (χ3v) is 5.42. The Morgan fingerprint density at radius 3 is 2.41 bits per heavy atom. The lowest BCUT2D eigenvalue weighted by atomic mass is 9.97. The van der Waals surface area contributed by atoms with Crippen molar-refractivity contribution in [3.05, 3.63) is 16.8 Å². The van der Waals surface area contributed by atoms with E-state index < -0.39 is 5.60 Å². The van der Waals surface area contributed by atoms with Gasteiger partial charge in [-0.15, -0.1) is 10.2 Å². The topological polar surface area (TPSA) is 96.9 Å². The Bertz CT molecular complexity index is 770. The van der Waals surface area contributed by atoms with Gasteiger partial charge in [-0.05, 0) is 52.5 Å². The third-order valence-electron chi connectivity index (χ3n) is 5.23. The van der Waals surface area contributed by atoms with E-state index in [0.29, 0.717) is 5.82 Å². The number of fused-ring (bicyclic) bond motifs is 2. The molecule has 10 heteroatoms. The van der Waals surface area contributed by atoms with Crippen molar-refractivity contribution >= 4 is 29.4 Å². The van der Waals surface area contributed by atoms with E-state index in [9.17, 15) is 9.59 Å². The number of aromatic nitrogens is 2. The van der Waals surface area contributed by atoms with E-state index in [0.717, 1.165) is 30.7 Å². The number of anilines is 1. The minimum atomic E-state index is -0.521. The Balaban J connectivity index is 1.73. The van der Waals surface area contributed by atoms with Crippen LogP contribution in [0.25, 0.3) is 0 Å². The average Bonchev–Trinajstić information content (AvgIpc) is 2.91. The van der Waals surface area contributed by atoms with Gasteiger partial charge in [0.1, 0.15) is 5.60 Å². The number of nitrogens with zero attached hydrogens (tertiary/aromatic N) is 4. The molecule has 2 amide bonds. The van der Waals surface area contributed by atoms with E-state index in [-0.39, 0.29) is 40.8 Å². The van der Waals surface area contributed by atoms with Crippen LogP contribution in [0.1, 0.15) is 56.8 Å². The molecule has 1 N–H and O–H groups in total. The molecule has 29 heavy (non-hydrogen) atoms. The highest BCUT2D eigenvalue weighted by Crippen LogP contribution is 2.38. The van der Waals surface area contributed by atoms with E-state index in [1.807, 2.05) is 25.7 Å². The van der Waals surface area contributed by atoms with E-state index in [2.05, 4.69) is 15.5 Å². The molecule has 160 valence electrons. The maximum absolute atomic E-state index is 12.6. The number of hydrogen-bond donors (Lipinski definition) is 1. The van der Waals surface area contributed by atoms with Crippen LogP contribution >= 0.6 is 11.6 Å². The number of halogens is 1. The van der Waals surface area contributed by atoms with Gasteiger partial charge in [0.05, 0.1) is 12.7 Å². The van der Waals surface area contributed by atoms with Crippen molar-refractivity contribution in [3.63, 3.8) is 0 Å². The summed E-state index contributed by atoms with van der Waals surface area (Å²) >= 11 is 5.94. The van der Waals surface area contributed by atoms with Crippen LogP contribution in [0.5, 0.6) is 0 Å².